The van der Waals surface area contributed by atoms with E-state index in [1.165, 1.54) is 23.9 Å². The van der Waals surface area contributed by atoms with Gasteiger partial charge in [0.1, 0.15) is 5.82 Å². The zero-order chi connectivity index (χ0) is 21.5. The first-order chi connectivity index (χ1) is 14.5. The molecule has 1 heterocycles. The van der Waals surface area contributed by atoms with Crippen molar-refractivity contribution in [3.63, 3.8) is 0 Å². The van der Waals surface area contributed by atoms with Crippen molar-refractivity contribution in [2.75, 3.05) is 19.5 Å². The molecule has 1 aromatic heterocycles. The second-order valence-electron chi connectivity index (χ2n) is 6.84. The lowest BCUT2D eigenvalue weighted by molar-refractivity contribution is -0.119. The smallest absolute Gasteiger partial charge is 0.262 e. The van der Waals surface area contributed by atoms with Crippen molar-refractivity contribution in [1.82, 2.24) is 14.9 Å². The third-order valence-electron chi connectivity index (χ3n) is 4.64. The number of hydrogen-bond acceptors (Lipinski definition) is 5. The lowest BCUT2D eigenvalue weighted by Crippen LogP contribution is -2.29. The number of halogens is 1. The number of aromatic nitrogens is 2. The fraction of sp³-hybridized carbons (Fsp3) is 0.318. The van der Waals surface area contributed by atoms with Gasteiger partial charge in [0, 0.05) is 20.3 Å². The van der Waals surface area contributed by atoms with E-state index in [0.29, 0.717) is 35.6 Å². The molecule has 1 atom stereocenters. The number of nitrogens with one attached hydrogen (secondary N) is 1. The third-order valence-corrected chi connectivity index (χ3v) is 5.61. The van der Waals surface area contributed by atoms with Crippen molar-refractivity contribution in [2.24, 2.45) is 0 Å². The van der Waals surface area contributed by atoms with E-state index < -0.39 is 0 Å². The van der Waals surface area contributed by atoms with Gasteiger partial charge < -0.3 is 10.1 Å². The number of hydrogen-bond donors (Lipinski definition) is 1. The van der Waals surface area contributed by atoms with Gasteiger partial charge in [-0.05, 0) is 43.2 Å². The van der Waals surface area contributed by atoms with Crippen molar-refractivity contribution < 1.29 is 13.9 Å². The zero-order valence-electron chi connectivity index (χ0n) is 16.9. The molecule has 0 aliphatic heterocycles. The first-order valence-corrected chi connectivity index (χ1v) is 10.6. The fourth-order valence-electron chi connectivity index (χ4n) is 3.07. The van der Waals surface area contributed by atoms with Crippen LogP contribution in [0.4, 0.5) is 4.39 Å². The fourth-order valence-corrected chi connectivity index (χ4v) is 3.91. The Labute approximate surface area is 178 Å². The maximum Gasteiger partial charge on any atom is 0.262 e. The number of rotatable bonds is 9. The number of methoxy groups -OCH3 is 1. The van der Waals surface area contributed by atoms with E-state index in [2.05, 4.69) is 10.3 Å². The van der Waals surface area contributed by atoms with Gasteiger partial charge in [-0.15, -0.1) is 0 Å². The van der Waals surface area contributed by atoms with Gasteiger partial charge in [-0.25, -0.2) is 9.37 Å². The van der Waals surface area contributed by atoms with Crippen LogP contribution in [0, 0.1) is 5.82 Å². The molecule has 158 valence electrons. The first-order valence-electron chi connectivity index (χ1n) is 9.65. The van der Waals surface area contributed by atoms with Crippen molar-refractivity contribution >= 4 is 28.6 Å². The predicted molar refractivity (Wildman–Crippen MR) is 116 cm³/mol. The molecule has 0 saturated heterocycles. The molecule has 0 fully saturated rings. The van der Waals surface area contributed by atoms with Crippen LogP contribution >= 0.6 is 11.8 Å². The van der Waals surface area contributed by atoms with Gasteiger partial charge in [-0.3, -0.25) is 14.2 Å². The molecule has 0 bridgehead atoms. The molecule has 0 aliphatic carbocycles. The van der Waals surface area contributed by atoms with E-state index >= 15 is 0 Å². The average Bonchev–Trinajstić information content (AvgIpc) is 2.74. The summed E-state index contributed by atoms with van der Waals surface area (Å²) >= 11 is 1.22. The molecule has 2 aromatic carbocycles. The minimum Gasteiger partial charge on any atom is -0.385 e. The second kappa shape index (κ2) is 10.4. The maximum atomic E-state index is 13.1. The van der Waals surface area contributed by atoms with Crippen molar-refractivity contribution in [3.8, 4) is 0 Å². The van der Waals surface area contributed by atoms with Crippen molar-refractivity contribution in [3.05, 3.63) is 70.3 Å². The van der Waals surface area contributed by atoms with Crippen LogP contribution in [0.25, 0.3) is 10.9 Å². The Kier molecular flexibility index (Phi) is 7.59. The lowest BCUT2D eigenvalue weighted by Gasteiger charge is -2.15. The molecule has 0 radical (unpaired) electrons. The summed E-state index contributed by atoms with van der Waals surface area (Å²) in [6.45, 7) is 2.82. The van der Waals surface area contributed by atoms with E-state index in [1.807, 2.05) is 19.1 Å². The third kappa shape index (κ3) is 5.46. The Balaban J connectivity index is 1.73. The quantitative estimate of drug-likeness (QED) is 0.320. The number of ether oxygens (including phenoxy) is 1. The van der Waals surface area contributed by atoms with E-state index in [1.54, 1.807) is 35.9 Å². The monoisotopic (exact) mass is 429 g/mol. The Morgan fingerprint density at radius 3 is 2.70 bits per heavy atom. The van der Waals surface area contributed by atoms with Gasteiger partial charge in [0.25, 0.3) is 5.56 Å². The highest BCUT2D eigenvalue weighted by molar-refractivity contribution is 7.99. The lowest BCUT2D eigenvalue weighted by atomic mass is 10.1. The number of benzene rings is 2. The number of carbonyl (C=O) groups excluding carboxylic acids is 1. The molecule has 30 heavy (non-hydrogen) atoms. The molecule has 3 rings (SSSR count). The highest BCUT2D eigenvalue weighted by Gasteiger charge is 2.15. The van der Waals surface area contributed by atoms with Crippen LogP contribution < -0.4 is 10.9 Å². The highest BCUT2D eigenvalue weighted by atomic mass is 32.2. The van der Waals surface area contributed by atoms with Crippen LogP contribution in [-0.4, -0.2) is 34.9 Å². The highest BCUT2D eigenvalue weighted by Crippen LogP contribution is 2.19. The molecule has 6 nitrogen and oxygen atoms in total. The van der Waals surface area contributed by atoms with Crippen LogP contribution in [0.1, 0.15) is 24.9 Å². The van der Waals surface area contributed by atoms with E-state index in [9.17, 15) is 14.0 Å². The number of carbonyl (C=O) groups is 1. The summed E-state index contributed by atoms with van der Waals surface area (Å²) in [4.78, 5) is 30.0. The summed E-state index contributed by atoms with van der Waals surface area (Å²) in [5.74, 6) is -0.398. The number of thioether (sulfide) groups is 1. The van der Waals surface area contributed by atoms with Gasteiger partial charge in [0.2, 0.25) is 5.91 Å². The van der Waals surface area contributed by atoms with Crippen LogP contribution in [0.2, 0.25) is 0 Å². The summed E-state index contributed by atoms with van der Waals surface area (Å²) in [6, 6.07) is 12.9. The molecule has 0 aliphatic rings. The minimum atomic E-state index is -0.318. The number of nitrogens with zero attached hydrogens (tertiary/aromatic N) is 2. The van der Waals surface area contributed by atoms with Gasteiger partial charge in [-0.2, -0.15) is 0 Å². The summed E-state index contributed by atoms with van der Waals surface area (Å²) in [5.41, 5.74) is 1.29. The van der Waals surface area contributed by atoms with E-state index in [0.717, 1.165) is 5.56 Å². The molecule has 1 unspecified atom stereocenters. The molecular weight excluding hydrogens is 405 g/mol. The molecule has 0 saturated carbocycles. The van der Waals surface area contributed by atoms with Crippen LogP contribution in [-0.2, 0) is 16.1 Å². The summed E-state index contributed by atoms with van der Waals surface area (Å²) in [7, 11) is 1.61. The molecule has 8 heteroatoms. The Morgan fingerprint density at radius 1 is 1.23 bits per heavy atom. The second-order valence-corrected chi connectivity index (χ2v) is 7.79. The van der Waals surface area contributed by atoms with Crippen molar-refractivity contribution in [1.29, 1.82) is 0 Å². The van der Waals surface area contributed by atoms with Crippen LogP contribution in [0.3, 0.4) is 0 Å². The first kappa shape index (κ1) is 22.0. The number of para-hydroxylation sites is 1. The van der Waals surface area contributed by atoms with E-state index in [-0.39, 0.29) is 29.1 Å². The molecule has 3 aromatic rings. The van der Waals surface area contributed by atoms with Gasteiger partial charge in [0.15, 0.2) is 5.16 Å². The van der Waals surface area contributed by atoms with Crippen LogP contribution in [0.15, 0.2) is 58.5 Å². The summed E-state index contributed by atoms with van der Waals surface area (Å²) in [5, 5.41) is 3.94. The Hall–Kier alpha value is -2.71. The summed E-state index contributed by atoms with van der Waals surface area (Å²) in [6.07, 6.45) is 0.664. The number of amides is 1. The molecule has 1 amide bonds. The largest absolute Gasteiger partial charge is 0.385 e. The van der Waals surface area contributed by atoms with Gasteiger partial charge in [0.05, 0.1) is 22.7 Å². The molecule has 1 N–H and O–H groups in total. The molecular formula is C22H24FN3O3S. The number of fused-ring (bicyclic) bond motifs is 1. The Morgan fingerprint density at radius 2 is 1.97 bits per heavy atom. The van der Waals surface area contributed by atoms with Crippen LogP contribution in [0.5, 0.6) is 0 Å². The Bertz CT molecular complexity index is 1070. The van der Waals surface area contributed by atoms with Gasteiger partial charge >= 0.3 is 0 Å². The minimum absolute atomic E-state index is 0.112. The normalized spacial score (nSPS) is 12.1. The maximum absolute atomic E-state index is 13.1. The SMILES string of the molecule is COCCCn1c(SCC(=O)NC(C)c2ccc(F)cc2)nc2ccccc2c1=O. The zero-order valence-corrected chi connectivity index (χ0v) is 17.7. The van der Waals surface area contributed by atoms with Gasteiger partial charge in [-0.1, -0.05) is 36.0 Å². The standard InChI is InChI=1S/C22H24FN3O3S/c1-15(16-8-10-17(23)11-9-16)24-20(27)14-30-22-25-19-7-4-3-6-18(19)21(28)26(22)12-5-13-29-2/h3-4,6-11,15H,5,12-14H2,1-2H3,(H,24,27). The average molecular weight is 430 g/mol. The predicted octanol–water partition coefficient (Wildman–Crippen LogP) is 3.54. The van der Waals surface area contributed by atoms with E-state index in [4.69, 9.17) is 4.74 Å². The van der Waals surface area contributed by atoms with Crippen molar-refractivity contribution in [2.45, 2.75) is 31.1 Å². The molecule has 0 spiro atoms. The topological polar surface area (TPSA) is 73.2 Å². The summed E-state index contributed by atoms with van der Waals surface area (Å²) < 4.78 is 19.8.